The van der Waals surface area contributed by atoms with Crippen molar-refractivity contribution in [3.05, 3.63) is 0 Å². The van der Waals surface area contributed by atoms with E-state index in [1.54, 1.807) is 6.92 Å². The maximum absolute atomic E-state index is 14.9. The molecule has 0 bridgehead atoms. The van der Waals surface area contributed by atoms with Gasteiger partial charge in [-0.2, -0.15) is 26.3 Å². The highest BCUT2D eigenvalue weighted by Gasteiger charge is 2.68. The van der Waals surface area contributed by atoms with Crippen molar-refractivity contribution in [1.82, 2.24) is 4.90 Å². The molecule has 0 aliphatic carbocycles. The lowest BCUT2D eigenvalue weighted by Gasteiger charge is -2.43. The van der Waals surface area contributed by atoms with E-state index in [9.17, 15) is 48.3 Å². The Labute approximate surface area is 160 Å². The normalized spacial score (nSPS) is 24.6. The Hall–Kier alpha value is -0.850. The van der Waals surface area contributed by atoms with Crippen molar-refractivity contribution in [2.45, 2.75) is 82.2 Å². The second-order valence-electron chi connectivity index (χ2n) is 7.32. The predicted octanol–water partition coefficient (Wildman–Crippen LogP) is 5.61. The first-order chi connectivity index (χ1) is 12.9. The quantitative estimate of drug-likeness (QED) is 0.367. The molecule has 0 amide bonds. The molecule has 0 aromatic heterocycles. The molecular formula is C16H22F11NO. The summed E-state index contributed by atoms with van der Waals surface area (Å²) in [5, 5.41) is 0. The highest BCUT2D eigenvalue weighted by Crippen LogP contribution is 2.46. The van der Waals surface area contributed by atoms with E-state index in [-0.39, 0.29) is 45.7 Å². The summed E-state index contributed by atoms with van der Waals surface area (Å²) in [5.41, 5.74) is -4.83. The number of hydrogen-bond donors (Lipinski definition) is 0. The summed E-state index contributed by atoms with van der Waals surface area (Å²) in [6.07, 6.45) is -25.7. The summed E-state index contributed by atoms with van der Waals surface area (Å²) in [7, 11) is 0. The topological polar surface area (TPSA) is 12.5 Å². The molecule has 1 aliphatic heterocycles. The van der Waals surface area contributed by atoms with Gasteiger partial charge in [-0.25, -0.2) is 22.0 Å². The summed E-state index contributed by atoms with van der Waals surface area (Å²) in [6.45, 7) is 1.67. The first-order valence-corrected chi connectivity index (χ1v) is 8.74. The molecule has 1 fully saturated rings. The Morgan fingerprint density at radius 3 is 1.66 bits per heavy atom. The minimum absolute atomic E-state index is 0.0505. The Bertz CT molecular complexity index is 530. The molecule has 1 heterocycles. The van der Waals surface area contributed by atoms with Crippen LogP contribution in [0.1, 0.15) is 33.6 Å². The summed E-state index contributed by atoms with van der Waals surface area (Å²) in [5.74, 6) is -5.28. The zero-order valence-corrected chi connectivity index (χ0v) is 15.7. The van der Waals surface area contributed by atoms with Crippen LogP contribution >= 0.6 is 0 Å². The first-order valence-electron chi connectivity index (χ1n) is 8.74. The average Bonchev–Trinajstić information content (AvgIpc) is 2.58. The van der Waals surface area contributed by atoms with Crippen molar-refractivity contribution in [2.75, 3.05) is 13.1 Å². The third-order valence-electron chi connectivity index (χ3n) is 5.09. The Morgan fingerprint density at radius 2 is 1.28 bits per heavy atom. The molecule has 2 nitrogen and oxygen atoms in total. The van der Waals surface area contributed by atoms with Gasteiger partial charge >= 0.3 is 18.3 Å². The van der Waals surface area contributed by atoms with E-state index in [1.807, 2.05) is 0 Å². The summed E-state index contributed by atoms with van der Waals surface area (Å²) in [4.78, 5) is 0.532. The number of halogens is 11. The minimum Gasteiger partial charge on any atom is -0.365 e. The number of hydrogen-bond acceptors (Lipinski definition) is 2. The van der Waals surface area contributed by atoms with Gasteiger partial charge in [0, 0.05) is 13.1 Å². The molecule has 1 saturated heterocycles. The standard InChI is InChI=1S/C16H22F11NO/c1-8-4-6-28(7-5-8)12(18)13(19,16(25,26)27)9(2)29-10(3)14(20,21)11(17)15(22,23)24/h8-12H,4-7H2,1-3H3. The largest absolute Gasteiger partial charge is 0.429 e. The van der Waals surface area contributed by atoms with E-state index >= 15 is 0 Å². The SMILES string of the molecule is CC1CCN(C(F)C(F)(C(C)OC(C)C(F)(F)C(F)C(F)(F)F)C(F)(F)F)CC1. The van der Waals surface area contributed by atoms with E-state index in [2.05, 4.69) is 4.74 Å². The monoisotopic (exact) mass is 453 g/mol. The maximum atomic E-state index is 14.9. The molecule has 5 unspecified atom stereocenters. The molecule has 5 atom stereocenters. The number of piperidine rings is 1. The third-order valence-corrected chi connectivity index (χ3v) is 5.09. The van der Waals surface area contributed by atoms with Gasteiger partial charge in [0.05, 0.1) is 0 Å². The first kappa shape index (κ1) is 26.2. The van der Waals surface area contributed by atoms with E-state index in [4.69, 9.17) is 0 Å². The van der Waals surface area contributed by atoms with Crippen molar-refractivity contribution >= 4 is 0 Å². The molecule has 0 radical (unpaired) electrons. The smallest absolute Gasteiger partial charge is 0.365 e. The van der Waals surface area contributed by atoms with Crippen LogP contribution in [-0.2, 0) is 4.74 Å². The molecule has 1 aliphatic rings. The summed E-state index contributed by atoms with van der Waals surface area (Å²) < 4.78 is 151. The van der Waals surface area contributed by atoms with Crippen LogP contribution in [0.3, 0.4) is 0 Å². The van der Waals surface area contributed by atoms with Crippen molar-refractivity contribution in [1.29, 1.82) is 0 Å². The number of nitrogens with zero attached hydrogens (tertiary/aromatic N) is 1. The molecule has 174 valence electrons. The van der Waals surface area contributed by atoms with Gasteiger partial charge in [-0.1, -0.05) is 6.92 Å². The van der Waals surface area contributed by atoms with Gasteiger partial charge in [-0.05, 0) is 32.6 Å². The molecule has 0 aromatic rings. The second-order valence-corrected chi connectivity index (χ2v) is 7.32. The van der Waals surface area contributed by atoms with Crippen molar-refractivity contribution in [2.24, 2.45) is 5.92 Å². The fourth-order valence-electron chi connectivity index (χ4n) is 3.00. The van der Waals surface area contributed by atoms with Gasteiger partial charge in [0.2, 0.25) is 0 Å². The molecule has 0 saturated carbocycles. The van der Waals surface area contributed by atoms with Crippen LogP contribution in [0.15, 0.2) is 0 Å². The molecule has 0 spiro atoms. The molecule has 0 N–H and O–H groups in total. The van der Waals surface area contributed by atoms with E-state index in [0.29, 0.717) is 4.90 Å². The predicted molar refractivity (Wildman–Crippen MR) is 80.7 cm³/mol. The third kappa shape index (κ3) is 5.45. The van der Waals surface area contributed by atoms with E-state index < -0.39 is 48.6 Å². The van der Waals surface area contributed by atoms with Crippen LogP contribution in [0.25, 0.3) is 0 Å². The fourth-order valence-corrected chi connectivity index (χ4v) is 3.00. The number of rotatable bonds is 7. The van der Waals surface area contributed by atoms with Gasteiger partial charge in [-0.15, -0.1) is 0 Å². The molecule has 0 aromatic carbocycles. The highest BCUT2D eigenvalue weighted by molar-refractivity contribution is 5.01. The zero-order valence-electron chi connectivity index (χ0n) is 15.7. The van der Waals surface area contributed by atoms with Gasteiger partial charge in [0.15, 0.2) is 6.30 Å². The maximum Gasteiger partial charge on any atom is 0.429 e. The van der Waals surface area contributed by atoms with Crippen molar-refractivity contribution < 1.29 is 53.0 Å². The van der Waals surface area contributed by atoms with Crippen molar-refractivity contribution in [3.8, 4) is 0 Å². The second kappa shape index (κ2) is 8.72. The minimum atomic E-state index is -6.03. The van der Waals surface area contributed by atoms with Crippen molar-refractivity contribution in [3.63, 3.8) is 0 Å². The lowest BCUT2D eigenvalue weighted by Crippen LogP contribution is -2.64. The van der Waals surface area contributed by atoms with Crippen LogP contribution in [0, 0.1) is 5.92 Å². The Morgan fingerprint density at radius 1 is 0.828 bits per heavy atom. The van der Waals surface area contributed by atoms with Gasteiger partial charge in [0.25, 0.3) is 11.8 Å². The summed E-state index contributed by atoms with van der Waals surface area (Å²) >= 11 is 0. The lowest BCUT2D eigenvalue weighted by atomic mass is 9.92. The fraction of sp³-hybridized carbons (Fsp3) is 1.00. The Balaban J connectivity index is 3.09. The molecule has 13 heteroatoms. The number of ether oxygens (including phenoxy) is 1. The molecule has 1 rings (SSSR count). The highest BCUT2D eigenvalue weighted by atomic mass is 19.4. The van der Waals surface area contributed by atoms with Crippen LogP contribution in [0.4, 0.5) is 48.3 Å². The van der Waals surface area contributed by atoms with E-state index in [1.165, 1.54) is 0 Å². The summed E-state index contributed by atoms with van der Waals surface area (Å²) in [6, 6.07) is 0. The molecular weight excluding hydrogens is 431 g/mol. The lowest BCUT2D eigenvalue weighted by molar-refractivity contribution is -0.323. The Kier molecular flexibility index (Phi) is 7.87. The van der Waals surface area contributed by atoms with Crippen LogP contribution in [0.2, 0.25) is 0 Å². The zero-order chi connectivity index (χ0) is 23.0. The average molecular weight is 453 g/mol. The van der Waals surface area contributed by atoms with Gasteiger partial charge in [0.1, 0.15) is 12.2 Å². The van der Waals surface area contributed by atoms with Gasteiger partial charge in [-0.3, -0.25) is 4.90 Å². The van der Waals surface area contributed by atoms with E-state index in [0.717, 1.165) is 0 Å². The van der Waals surface area contributed by atoms with Crippen LogP contribution in [0.5, 0.6) is 0 Å². The molecule has 29 heavy (non-hydrogen) atoms. The van der Waals surface area contributed by atoms with Crippen LogP contribution in [-0.4, -0.2) is 66.6 Å². The van der Waals surface area contributed by atoms with Gasteiger partial charge < -0.3 is 4.74 Å². The number of likely N-dealkylation sites (tertiary alicyclic amines) is 1. The van der Waals surface area contributed by atoms with Crippen LogP contribution < -0.4 is 0 Å². The number of alkyl halides is 11.